The molecule has 2 rings (SSSR count). The van der Waals surface area contributed by atoms with Gasteiger partial charge < -0.3 is 11.5 Å². The summed E-state index contributed by atoms with van der Waals surface area (Å²) >= 11 is 0. The highest BCUT2D eigenvalue weighted by Gasteiger charge is 2.37. The summed E-state index contributed by atoms with van der Waals surface area (Å²) in [6.07, 6.45) is 0. The van der Waals surface area contributed by atoms with Crippen molar-refractivity contribution < 1.29 is 13.0 Å². The van der Waals surface area contributed by atoms with Gasteiger partial charge in [0.1, 0.15) is 5.75 Å². The summed E-state index contributed by atoms with van der Waals surface area (Å²) in [5, 5.41) is 18.0. The Morgan fingerprint density at radius 1 is 1.00 bits per heavy atom. The number of rotatable bonds is 5. The smallest absolute Gasteiger partial charge is 0.268 e. The Balaban J connectivity index is 2.62. The molecule has 2 aromatic carbocycles. The molecule has 2 aromatic rings. The fourth-order valence-corrected chi connectivity index (χ4v) is 3.55. The Bertz CT molecular complexity index is 955. The van der Waals surface area contributed by atoms with Crippen molar-refractivity contribution >= 4 is 10.1 Å². The first-order valence-corrected chi connectivity index (χ1v) is 8.80. The van der Waals surface area contributed by atoms with Gasteiger partial charge in [0.25, 0.3) is 10.1 Å². The SMILES string of the molecule is N#Cc1ccc(C(c2cccc(C#N)c2)C(N)(N)CS(=O)(=O)O)cc1. The largest absolute Gasteiger partial charge is 0.312 e. The molecule has 0 fully saturated rings. The fourth-order valence-electron chi connectivity index (χ4n) is 2.75. The highest BCUT2D eigenvalue weighted by atomic mass is 32.2. The van der Waals surface area contributed by atoms with E-state index in [4.69, 9.17) is 22.0 Å². The van der Waals surface area contributed by atoms with E-state index in [9.17, 15) is 13.0 Å². The topological polar surface area (TPSA) is 154 Å². The third-order valence-electron chi connectivity index (χ3n) is 3.69. The van der Waals surface area contributed by atoms with Crippen LogP contribution in [0.15, 0.2) is 48.5 Å². The summed E-state index contributed by atoms with van der Waals surface area (Å²) in [7, 11) is -4.44. The lowest BCUT2D eigenvalue weighted by Gasteiger charge is -2.34. The third-order valence-corrected chi connectivity index (χ3v) is 4.56. The molecule has 0 spiro atoms. The van der Waals surface area contributed by atoms with E-state index in [-0.39, 0.29) is 0 Å². The maximum atomic E-state index is 11.3. The van der Waals surface area contributed by atoms with Crippen molar-refractivity contribution in [3.8, 4) is 12.1 Å². The average molecular weight is 356 g/mol. The average Bonchev–Trinajstić information content (AvgIpc) is 2.53. The van der Waals surface area contributed by atoms with Crippen LogP contribution >= 0.6 is 0 Å². The van der Waals surface area contributed by atoms with Crippen molar-refractivity contribution in [2.45, 2.75) is 11.6 Å². The van der Waals surface area contributed by atoms with E-state index in [2.05, 4.69) is 0 Å². The van der Waals surface area contributed by atoms with Crippen molar-refractivity contribution in [1.29, 1.82) is 10.5 Å². The van der Waals surface area contributed by atoms with Gasteiger partial charge in [-0.15, -0.1) is 0 Å². The summed E-state index contributed by atoms with van der Waals surface area (Å²) in [5.74, 6) is -1.70. The minimum atomic E-state index is -4.44. The van der Waals surface area contributed by atoms with Crippen molar-refractivity contribution in [1.82, 2.24) is 0 Å². The number of hydrogen-bond acceptors (Lipinski definition) is 6. The van der Waals surface area contributed by atoms with Crippen LogP contribution in [0.3, 0.4) is 0 Å². The van der Waals surface area contributed by atoms with Gasteiger partial charge in [-0.2, -0.15) is 18.9 Å². The maximum Gasteiger partial charge on any atom is 0.268 e. The predicted molar refractivity (Wildman–Crippen MR) is 91.7 cm³/mol. The van der Waals surface area contributed by atoms with E-state index in [0.29, 0.717) is 22.3 Å². The molecule has 7 nitrogen and oxygen atoms in total. The summed E-state index contributed by atoms with van der Waals surface area (Å²) in [4.78, 5) is 0. The van der Waals surface area contributed by atoms with Gasteiger partial charge >= 0.3 is 0 Å². The lowest BCUT2D eigenvalue weighted by atomic mass is 9.81. The Kier molecular flexibility index (Phi) is 5.21. The zero-order valence-electron chi connectivity index (χ0n) is 13.1. The van der Waals surface area contributed by atoms with Crippen molar-refractivity contribution in [3.63, 3.8) is 0 Å². The van der Waals surface area contributed by atoms with Gasteiger partial charge in [-0.25, -0.2) is 0 Å². The molecule has 0 aliphatic carbocycles. The van der Waals surface area contributed by atoms with E-state index >= 15 is 0 Å². The second kappa shape index (κ2) is 7.01. The standard InChI is InChI=1S/C17H16N4O3S/c18-9-12-4-6-14(7-5-12)16(17(20,21)11-25(22,23)24)15-3-1-2-13(8-15)10-19/h1-8,16H,11,20-21H2,(H,22,23,24). The van der Waals surface area contributed by atoms with Crippen LogP contribution in [0.25, 0.3) is 0 Å². The van der Waals surface area contributed by atoms with E-state index in [1.54, 1.807) is 48.5 Å². The molecule has 0 heterocycles. The van der Waals surface area contributed by atoms with E-state index in [0.717, 1.165) is 0 Å². The second-order valence-corrected chi connectivity index (χ2v) is 7.20. The van der Waals surface area contributed by atoms with Crippen LogP contribution in [0.1, 0.15) is 28.2 Å². The molecule has 0 amide bonds. The van der Waals surface area contributed by atoms with Gasteiger partial charge in [0.2, 0.25) is 0 Å². The van der Waals surface area contributed by atoms with Crippen LogP contribution in [-0.2, 0) is 10.1 Å². The molecular formula is C17H16N4O3S. The van der Waals surface area contributed by atoms with Crippen molar-refractivity contribution in [2.24, 2.45) is 11.5 Å². The Morgan fingerprint density at radius 3 is 2.12 bits per heavy atom. The molecule has 0 bridgehead atoms. The molecule has 0 saturated heterocycles. The molecule has 1 atom stereocenters. The minimum Gasteiger partial charge on any atom is -0.312 e. The summed E-state index contributed by atoms with van der Waals surface area (Å²) in [5.41, 5.74) is 12.2. The highest BCUT2D eigenvalue weighted by molar-refractivity contribution is 7.85. The molecule has 0 aromatic heterocycles. The third kappa shape index (κ3) is 4.63. The predicted octanol–water partition coefficient (Wildman–Crippen LogP) is 1.06. The fraction of sp³-hybridized carbons (Fsp3) is 0.176. The molecule has 1 unspecified atom stereocenters. The molecule has 0 radical (unpaired) electrons. The van der Waals surface area contributed by atoms with E-state index in [1.807, 2.05) is 12.1 Å². The first-order chi connectivity index (χ1) is 11.7. The molecule has 25 heavy (non-hydrogen) atoms. The number of nitriles is 2. The van der Waals surface area contributed by atoms with Gasteiger partial charge in [-0.3, -0.25) is 4.55 Å². The lowest BCUT2D eigenvalue weighted by Crippen LogP contribution is -2.59. The van der Waals surface area contributed by atoms with Crippen LogP contribution < -0.4 is 11.5 Å². The second-order valence-electron chi connectivity index (χ2n) is 5.74. The molecule has 0 aliphatic heterocycles. The van der Waals surface area contributed by atoms with Gasteiger partial charge in [-0.05, 0) is 35.4 Å². The summed E-state index contributed by atoms with van der Waals surface area (Å²) in [6, 6.07) is 16.8. The summed E-state index contributed by atoms with van der Waals surface area (Å²) in [6.45, 7) is 0. The molecule has 0 saturated carbocycles. The molecule has 5 N–H and O–H groups in total. The first kappa shape index (κ1) is 18.6. The van der Waals surface area contributed by atoms with Gasteiger partial charge in [-0.1, -0.05) is 24.3 Å². The van der Waals surface area contributed by atoms with Crippen LogP contribution in [0, 0.1) is 22.7 Å². The Labute approximate surface area is 145 Å². The number of hydrogen-bond donors (Lipinski definition) is 3. The normalized spacial score (nSPS) is 12.8. The van der Waals surface area contributed by atoms with Gasteiger partial charge in [0.15, 0.2) is 0 Å². The van der Waals surface area contributed by atoms with Crippen LogP contribution in [0.4, 0.5) is 0 Å². The molecule has 0 aliphatic rings. The Morgan fingerprint density at radius 2 is 1.60 bits per heavy atom. The molecule has 128 valence electrons. The quantitative estimate of drug-likeness (QED) is 0.534. The number of nitrogens with zero attached hydrogens (tertiary/aromatic N) is 2. The van der Waals surface area contributed by atoms with Crippen LogP contribution in [-0.4, -0.2) is 24.4 Å². The van der Waals surface area contributed by atoms with Crippen LogP contribution in [0.5, 0.6) is 0 Å². The first-order valence-electron chi connectivity index (χ1n) is 7.19. The molecular weight excluding hydrogens is 340 g/mol. The van der Waals surface area contributed by atoms with E-state index in [1.165, 1.54) is 0 Å². The number of nitrogens with two attached hydrogens (primary N) is 2. The van der Waals surface area contributed by atoms with Gasteiger partial charge in [0.05, 0.1) is 28.9 Å². The zero-order valence-corrected chi connectivity index (χ0v) is 13.9. The monoisotopic (exact) mass is 356 g/mol. The maximum absolute atomic E-state index is 11.3. The molecule has 8 heteroatoms. The summed E-state index contributed by atoms with van der Waals surface area (Å²) < 4.78 is 31.9. The highest BCUT2D eigenvalue weighted by Crippen LogP contribution is 2.32. The lowest BCUT2D eigenvalue weighted by molar-refractivity contribution is 0.405. The van der Waals surface area contributed by atoms with Crippen LogP contribution in [0.2, 0.25) is 0 Å². The number of benzene rings is 2. The van der Waals surface area contributed by atoms with Gasteiger partial charge in [0, 0.05) is 5.92 Å². The van der Waals surface area contributed by atoms with E-state index < -0.39 is 27.5 Å². The van der Waals surface area contributed by atoms with Crippen molar-refractivity contribution in [2.75, 3.05) is 5.75 Å². The zero-order chi connectivity index (χ0) is 18.7. The minimum absolute atomic E-state index is 0.360. The Hall–Kier alpha value is -2.75. The van der Waals surface area contributed by atoms with Crippen molar-refractivity contribution in [3.05, 3.63) is 70.8 Å².